The number of nitrogens with one attached hydrogen (secondary N) is 1. The van der Waals surface area contributed by atoms with Crippen molar-refractivity contribution in [1.29, 1.82) is 0 Å². The van der Waals surface area contributed by atoms with Crippen molar-refractivity contribution in [2.24, 2.45) is 0 Å². The fraction of sp³-hybridized carbons (Fsp3) is 0.0476. The van der Waals surface area contributed by atoms with Gasteiger partial charge in [-0.05, 0) is 29.0 Å². The predicted molar refractivity (Wildman–Crippen MR) is 114 cm³/mol. The number of nitrogens with zero attached hydrogens (tertiary/aromatic N) is 1. The summed E-state index contributed by atoms with van der Waals surface area (Å²) < 4.78 is 8.48. The Morgan fingerprint density at radius 3 is 2.79 bits per heavy atom. The van der Waals surface area contributed by atoms with Gasteiger partial charge in [-0.25, -0.2) is 9.78 Å². The van der Waals surface area contributed by atoms with E-state index in [1.165, 1.54) is 42.0 Å². The molecule has 7 heteroatoms. The summed E-state index contributed by atoms with van der Waals surface area (Å²) in [4.78, 5) is 15.8. The summed E-state index contributed by atoms with van der Waals surface area (Å²) in [6, 6.07) is 19.2. The summed E-state index contributed by atoms with van der Waals surface area (Å²) in [5.74, 6) is -0.520. The smallest absolute Gasteiger partial charge is 0.335 e. The first-order valence-corrected chi connectivity index (χ1v) is 10.1. The van der Waals surface area contributed by atoms with Crippen LogP contribution in [0.3, 0.4) is 0 Å². The number of carbonyl (C=O) groups is 1. The van der Waals surface area contributed by atoms with Crippen LogP contribution in [0.5, 0.6) is 5.75 Å². The van der Waals surface area contributed by atoms with Crippen LogP contribution >= 0.6 is 23.3 Å². The van der Waals surface area contributed by atoms with Crippen LogP contribution in [0.4, 0.5) is 5.69 Å². The Labute approximate surface area is 170 Å². The first-order chi connectivity index (χ1) is 13.7. The zero-order valence-electron chi connectivity index (χ0n) is 14.9. The molecule has 5 nitrogen and oxygen atoms in total. The van der Waals surface area contributed by atoms with Gasteiger partial charge >= 0.3 is 5.97 Å². The second-order valence-corrected chi connectivity index (χ2v) is 7.63. The fourth-order valence-corrected chi connectivity index (χ4v) is 4.49. The topological polar surface area (TPSA) is 71.5 Å². The van der Waals surface area contributed by atoms with Crippen molar-refractivity contribution in [1.82, 2.24) is 4.98 Å². The van der Waals surface area contributed by atoms with E-state index in [0.29, 0.717) is 11.4 Å². The second kappa shape index (κ2) is 7.92. The monoisotopic (exact) mass is 408 g/mol. The van der Waals surface area contributed by atoms with Gasteiger partial charge in [-0.3, -0.25) is 0 Å². The number of aromatic carboxylic acids is 1. The molecule has 0 unspecified atom stereocenters. The maximum absolute atomic E-state index is 11.1. The number of anilines is 1. The van der Waals surface area contributed by atoms with Gasteiger partial charge in [-0.2, -0.15) is 0 Å². The van der Waals surface area contributed by atoms with Crippen LogP contribution in [0, 0.1) is 0 Å². The number of hydrogen-bond donors (Lipinski definition) is 2. The van der Waals surface area contributed by atoms with Gasteiger partial charge in [0.15, 0.2) is 0 Å². The minimum atomic E-state index is -0.989. The van der Waals surface area contributed by atoms with E-state index in [9.17, 15) is 4.79 Å². The van der Waals surface area contributed by atoms with Crippen LogP contribution < -0.4 is 9.46 Å². The van der Waals surface area contributed by atoms with E-state index < -0.39 is 5.97 Å². The van der Waals surface area contributed by atoms with Crippen LogP contribution in [-0.4, -0.2) is 23.2 Å². The van der Waals surface area contributed by atoms with Crippen LogP contribution in [0.25, 0.3) is 21.3 Å². The fourth-order valence-electron chi connectivity index (χ4n) is 2.86. The first-order valence-electron chi connectivity index (χ1n) is 8.43. The molecule has 0 fully saturated rings. The highest BCUT2D eigenvalue weighted by atomic mass is 32.2. The minimum absolute atomic E-state index is 0.180. The molecular weight excluding hydrogens is 392 g/mol. The summed E-state index contributed by atoms with van der Waals surface area (Å²) in [5.41, 5.74) is 1.98. The molecule has 0 aliphatic rings. The van der Waals surface area contributed by atoms with E-state index in [-0.39, 0.29) is 5.56 Å². The maximum Gasteiger partial charge on any atom is 0.335 e. The van der Waals surface area contributed by atoms with Crippen molar-refractivity contribution in [3.63, 3.8) is 0 Å². The highest BCUT2D eigenvalue weighted by molar-refractivity contribution is 8.00. The molecule has 0 aliphatic carbocycles. The molecule has 0 saturated heterocycles. The van der Waals surface area contributed by atoms with Crippen LogP contribution in [0.15, 0.2) is 71.1 Å². The van der Waals surface area contributed by atoms with E-state index in [4.69, 9.17) is 14.8 Å². The number of hydrogen-bond acceptors (Lipinski definition) is 6. The SMILES string of the molecule is COc1cc(C(=O)O)ccc1NSc1csc(-c2cccc3ccccc23)n1. The lowest BCUT2D eigenvalue weighted by Gasteiger charge is -2.10. The van der Waals surface area contributed by atoms with E-state index >= 15 is 0 Å². The van der Waals surface area contributed by atoms with E-state index in [1.807, 2.05) is 23.6 Å². The van der Waals surface area contributed by atoms with Crippen LogP contribution in [0.1, 0.15) is 10.4 Å². The standard InChI is InChI=1S/C21H16N2O3S2/c1-26-18-11-14(21(24)25)9-10-17(18)23-28-19-12-27-20(22-19)16-8-4-6-13-5-2-3-7-15(13)16/h2-12,23H,1H3,(H,24,25). The van der Waals surface area contributed by atoms with Gasteiger partial charge in [0.2, 0.25) is 0 Å². The average molecular weight is 409 g/mol. The first kappa shape index (κ1) is 18.3. The largest absolute Gasteiger partial charge is 0.495 e. The van der Waals surface area contributed by atoms with Crippen molar-refractivity contribution in [3.05, 3.63) is 71.6 Å². The number of fused-ring (bicyclic) bond motifs is 1. The molecule has 0 amide bonds. The second-order valence-electron chi connectivity index (χ2n) is 5.94. The number of thiazole rings is 1. The Balaban J connectivity index is 1.55. The molecule has 4 rings (SSSR count). The van der Waals surface area contributed by atoms with Gasteiger partial charge in [0.1, 0.15) is 15.8 Å². The summed E-state index contributed by atoms with van der Waals surface area (Å²) in [7, 11) is 1.51. The number of rotatable bonds is 6. The number of benzene rings is 3. The number of aromatic nitrogens is 1. The predicted octanol–water partition coefficient (Wildman–Crippen LogP) is 5.79. The zero-order valence-corrected chi connectivity index (χ0v) is 16.5. The molecular formula is C21H16N2O3S2. The van der Waals surface area contributed by atoms with Crippen LogP contribution in [0.2, 0.25) is 0 Å². The quantitative estimate of drug-likeness (QED) is 0.394. The van der Waals surface area contributed by atoms with E-state index in [2.05, 4.69) is 29.0 Å². The molecule has 0 aliphatic heterocycles. The molecule has 4 aromatic rings. The maximum atomic E-state index is 11.1. The number of ether oxygens (including phenoxy) is 1. The van der Waals surface area contributed by atoms with E-state index in [0.717, 1.165) is 15.6 Å². The molecule has 0 atom stereocenters. The normalized spacial score (nSPS) is 10.8. The van der Waals surface area contributed by atoms with Gasteiger partial charge in [-0.15, -0.1) is 11.3 Å². The molecule has 28 heavy (non-hydrogen) atoms. The van der Waals surface area contributed by atoms with Gasteiger partial charge in [0.05, 0.1) is 18.4 Å². The Hall–Kier alpha value is -3.03. The molecule has 0 bridgehead atoms. The van der Waals surface area contributed by atoms with Crippen molar-refractivity contribution in [2.75, 3.05) is 11.8 Å². The van der Waals surface area contributed by atoms with E-state index in [1.54, 1.807) is 17.4 Å². The Morgan fingerprint density at radius 2 is 1.96 bits per heavy atom. The summed E-state index contributed by atoms with van der Waals surface area (Å²) >= 11 is 2.95. The van der Waals surface area contributed by atoms with Crippen molar-refractivity contribution in [3.8, 4) is 16.3 Å². The molecule has 140 valence electrons. The van der Waals surface area contributed by atoms with Crippen molar-refractivity contribution in [2.45, 2.75) is 5.03 Å². The van der Waals surface area contributed by atoms with Crippen LogP contribution in [-0.2, 0) is 0 Å². The lowest BCUT2D eigenvalue weighted by molar-refractivity contribution is 0.0696. The Morgan fingerprint density at radius 1 is 1.14 bits per heavy atom. The number of carboxylic acids is 1. The highest BCUT2D eigenvalue weighted by Crippen LogP contribution is 2.35. The van der Waals surface area contributed by atoms with Crippen molar-refractivity contribution >= 4 is 45.7 Å². The molecule has 1 heterocycles. The lowest BCUT2D eigenvalue weighted by Crippen LogP contribution is -1.99. The molecule has 1 aromatic heterocycles. The number of carboxylic acid groups (broad SMARTS) is 1. The third-order valence-corrected chi connectivity index (χ3v) is 5.98. The molecule has 0 radical (unpaired) electrons. The third kappa shape index (κ3) is 3.67. The Bertz CT molecular complexity index is 1150. The molecule has 0 spiro atoms. The Kier molecular flexibility index (Phi) is 5.18. The average Bonchev–Trinajstić information content (AvgIpc) is 3.20. The lowest BCUT2D eigenvalue weighted by atomic mass is 10.1. The van der Waals surface area contributed by atoms with Gasteiger partial charge < -0.3 is 14.6 Å². The van der Waals surface area contributed by atoms with Gasteiger partial charge in [0.25, 0.3) is 0 Å². The van der Waals surface area contributed by atoms with Crippen molar-refractivity contribution < 1.29 is 14.6 Å². The third-order valence-electron chi connectivity index (χ3n) is 4.22. The highest BCUT2D eigenvalue weighted by Gasteiger charge is 2.12. The van der Waals surface area contributed by atoms with Gasteiger partial charge in [-0.1, -0.05) is 42.5 Å². The molecule has 2 N–H and O–H groups in total. The minimum Gasteiger partial charge on any atom is -0.495 e. The number of methoxy groups -OCH3 is 1. The molecule has 0 saturated carbocycles. The summed E-state index contributed by atoms with van der Waals surface area (Å²) in [5, 5.41) is 15.2. The molecule has 3 aromatic carbocycles. The zero-order chi connectivity index (χ0) is 19.5. The summed E-state index contributed by atoms with van der Waals surface area (Å²) in [6.07, 6.45) is 0. The summed E-state index contributed by atoms with van der Waals surface area (Å²) in [6.45, 7) is 0. The van der Waals surface area contributed by atoms with Gasteiger partial charge in [0, 0.05) is 22.9 Å².